The van der Waals surface area contributed by atoms with Gasteiger partial charge in [-0.15, -0.1) is 0 Å². The lowest BCUT2D eigenvalue weighted by Gasteiger charge is -2.15. The highest BCUT2D eigenvalue weighted by atomic mass is 16.5. The third-order valence-corrected chi connectivity index (χ3v) is 3.70. The molecule has 3 aromatic rings. The van der Waals surface area contributed by atoms with Crippen LogP contribution in [-0.4, -0.2) is 26.9 Å². The van der Waals surface area contributed by atoms with Crippen molar-refractivity contribution in [1.82, 2.24) is 20.4 Å². The maximum Gasteiger partial charge on any atom is 0.244 e. The van der Waals surface area contributed by atoms with Gasteiger partial charge in [-0.2, -0.15) is 4.98 Å². The number of nitrogens with two attached hydrogens (primary N) is 1. The summed E-state index contributed by atoms with van der Waals surface area (Å²) in [7, 11) is 0. The van der Waals surface area contributed by atoms with Crippen molar-refractivity contribution in [3.05, 3.63) is 66.3 Å². The molecule has 0 aliphatic heterocycles. The number of benzene rings is 1. The van der Waals surface area contributed by atoms with Crippen LogP contribution in [0.2, 0.25) is 0 Å². The highest BCUT2D eigenvalue weighted by Gasteiger charge is 2.20. The van der Waals surface area contributed by atoms with E-state index in [1.807, 2.05) is 6.07 Å². The van der Waals surface area contributed by atoms with Crippen molar-refractivity contribution in [3.8, 4) is 11.4 Å². The number of nitrogens with one attached hydrogen (secondary N) is 1. The summed E-state index contributed by atoms with van der Waals surface area (Å²) in [5, 5.41) is 6.51. The van der Waals surface area contributed by atoms with E-state index in [-0.39, 0.29) is 18.7 Å². The van der Waals surface area contributed by atoms with Crippen LogP contribution in [0, 0.1) is 0 Å². The van der Waals surface area contributed by atoms with E-state index in [4.69, 9.17) is 10.3 Å². The summed E-state index contributed by atoms with van der Waals surface area (Å²) in [4.78, 5) is 32.0. The van der Waals surface area contributed by atoms with Gasteiger partial charge in [0.1, 0.15) is 6.04 Å². The Labute approximate surface area is 149 Å². The van der Waals surface area contributed by atoms with Gasteiger partial charge in [-0.25, -0.2) is 0 Å². The summed E-state index contributed by atoms with van der Waals surface area (Å²) in [5.41, 5.74) is 6.80. The smallest absolute Gasteiger partial charge is 0.244 e. The Balaban J connectivity index is 1.59. The molecule has 0 bridgehead atoms. The maximum atomic E-state index is 12.2. The Hall–Kier alpha value is -3.55. The largest absolute Gasteiger partial charge is 0.368 e. The van der Waals surface area contributed by atoms with Gasteiger partial charge in [0.25, 0.3) is 0 Å². The minimum atomic E-state index is -0.876. The number of aromatic nitrogens is 3. The molecule has 26 heavy (non-hydrogen) atoms. The van der Waals surface area contributed by atoms with Gasteiger partial charge in [-0.05, 0) is 17.7 Å². The summed E-state index contributed by atoms with van der Waals surface area (Å²) in [6.45, 7) is 0. The second-order valence-electron chi connectivity index (χ2n) is 5.56. The highest BCUT2D eigenvalue weighted by molar-refractivity contribution is 5.87. The summed E-state index contributed by atoms with van der Waals surface area (Å²) in [5.74, 6) is -0.187. The number of rotatable bonds is 7. The number of carbonyl (C=O) groups is 2. The fraction of sp³-hybridized carbons (Fsp3) is 0.167. The summed E-state index contributed by atoms with van der Waals surface area (Å²) < 4.78 is 5.15. The number of primary amides is 1. The second-order valence-corrected chi connectivity index (χ2v) is 5.56. The second kappa shape index (κ2) is 8.02. The molecule has 1 aromatic carbocycles. The Kier molecular flexibility index (Phi) is 5.33. The zero-order chi connectivity index (χ0) is 18.4. The van der Waals surface area contributed by atoms with E-state index in [1.165, 1.54) is 0 Å². The van der Waals surface area contributed by atoms with Crippen LogP contribution in [0.1, 0.15) is 23.9 Å². The van der Waals surface area contributed by atoms with Crippen molar-refractivity contribution in [2.45, 2.75) is 18.9 Å². The molecule has 0 fully saturated rings. The highest BCUT2D eigenvalue weighted by Crippen LogP contribution is 2.15. The first-order valence-electron chi connectivity index (χ1n) is 8.00. The quantitative estimate of drug-likeness (QED) is 0.663. The number of hydrogen-bond donors (Lipinski definition) is 2. The van der Waals surface area contributed by atoms with Gasteiger partial charge >= 0.3 is 0 Å². The van der Waals surface area contributed by atoms with E-state index in [2.05, 4.69) is 20.4 Å². The first-order chi connectivity index (χ1) is 12.6. The minimum Gasteiger partial charge on any atom is -0.368 e. The zero-order valence-electron chi connectivity index (χ0n) is 13.8. The van der Waals surface area contributed by atoms with Gasteiger partial charge in [0.05, 0.1) is 0 Å². The van der Waals surface area contributed by atoms with Crippen molar-refractivity contribution in [1.29, 1.82) is 0 Å². The average Bonchev–Trinajstić information content (AvgIpc) is 3.15. The molecular weight excluding hydrogens is 334 g/mol. The number of aryl methyl sites for hydroxylation is 1. The molecule has 0 aliphatic carbocycles. The van der Waals surface area contributed by atoms with Gasteiger partial charge in [-0.1, -0.05) is 35.5 Å². The lowest BCUT2D eigenvalue weighted by molar-refractivity contribution is -0.127. The lowest BCUT2D eigenvalue weighted by Crippen LogP contribution is -2.37. The first-order valence-corrected chi connectivity index (χ1v) is 8.00. The van der Waals surface area contributed by atoms with Crippen LogP contribution in [-0.2, 0) is 16.0 Å². The van der Waals surface area contributed by atoms with Crippen LogP contribution in [0.4, 0.5) is 0 Å². The SMILES string of the molecule is NC(=O)C(NC(=O)CCc1nc(-c2ccncc2)no1)c1ccccc1. The first kappa shape index (κ1) is 17.3. The maximum absolute atomic E-state index is 12.2. The van der Waals surface area contributed by atoms with Crippen LogP contribution >= 0.6 is 0 Å². The lowest BCUT2D eigenvalue weighted by atomic mass is 10.1. The van der Waals surface area contributed by atoms with Gasteiger partial charge in [0.2, 0.25) is 23.5 Å². The molecule has 1 atom stereocenters. The van der Waals surface area contributed by atoms with Crippen molar-refractivity contribution in [3.63, 3.8) is 0 Å². The fourth-order valence-corrected chi connectivity index (χ4v) is 2.39. The van der Waals surface area contributed by atoms with Crippen LogP contribution < -0.4 is 11.1 Å². The van der Waals surface area contributed by atoms with Crippen molar-refractivity contribution >= 4 is 11.8 Å². The normalized spacial score (nSPS) is 11.7. The molecule has 3 rings (SSSR count). The molecular formula is C18H17N5O3. The Morgan fingerprint density at radius 1 is 1.12 bits per heavy atom. The minimum absolute atomic E-state index is 0.0919. The third-order valence-electron chi connectivity index (χ3n) is 3.70. The molecule has 2 aromatic heterocycles. The van der Waals surface area contributed by atoms with Crippen LogP contribution in [0.15, 0.2) is 59.4 Å². The third kappa shape index (κ3) is 4.29. The molecule has 132 valence electrons. The molecule has 8 nitrogen and oxygen atoms in total. The molecule has 0 spiro atoms. The monoisotopic (exact) mass is 351 g/mol. The predicted molar refractivity (Wildman–Crippen MR) is 92.4 cm³/mol. The summed E-state index contributed by atoms with van der Waals surface area (Å²) in [6.07, 6.45) is 3.61. The van der Waals surface area contributed by atoms with E-state index in [9.17, 15) is 9.59 Å². The fourth-order valence-electron chi connectivity index (χ4n) is 2.39. The molecule has 0 aliphatic rings. The van der Waals surface area contributed by atoms with Crippen molar-refractivity contribution in [2.75, 3.05) is 0 Å². The number of carbonyl (C=O) groups excluding carboxylic acids is 2. The van der Waals surface area contributed by atoms with Gasteiger partial charge in [0.15, 0.2) is 0 Å². The molecule has 2 heterocycles. The summed E-state index contributed by atoms with van der Waals surface area (Å²) >= 11 is 0. The molecule has 2 amide bonds. The molecule has 0 radical (unpaired) electrons. The van der Waals surface area contributed by atoms with Crippen LogP contribution in [0.3, 0.4) is 0 Å². The number of hydrogen-bond acceptors (Lipinski definition) is 6. The number of amides is 2. The molecule has 3 N–H and O–H groups in total. The van der Waals surface area contributed by atoms with E-state index in [0.717, 1.165) is 5.56 Å². The van der Waals surface area contributed by atoms with Crippen LogP contribution in [0.5, 0.6) is 0 Å². The van der Waals surface area contributed by atoms with E-state index in [0.29, 0.717) is 17.3 Å². The number of pyridine rings is 1. The predicted octanol–water partition coefficient (Wildman–Crippen LogP) is 1.41. The van der Waals surface area contributed by atoms with E-state index in [1.54, 1.807) is 48.8 Å². The Bertz CT molecular complexity index is 880. The van der Waals surface area contributed by atoms with E-state index < -0.39 is 11.9 Å². The van der Waals surface area contributed by atoms with Crippen molar-refractivity contribution < 1.29 is 14.1 Å². The Morgan fingerprint density at radius 3 is 2.54 bits per heavy atom. The topological polar surface area (TPSA) is 124 Å². The van der Waals surface area contributed by atoms with Crippen molar-refractivity contribution in [2.24, 2.45) is 5.73 Å². The van der Waals surface area contributed by atoms with Gasteiger partial charge < -0.3 is 15.6 Å². The Morgan fingerprint density at radius 2 is 1.85 bits per heavy atom. The molecule has 0 saturated heterocycles. The zero-order valence-corrected chi connectivity index (χ0v) is 13.8. The van der Waals surface area contributed by atoms with Gasteiger partial charge in [0, 0.05) is 30.8 Å². The molecule has 0 saturated carbocycles. The standard InChI is InChI=1S/C18H17N5O3/c19-17(25)16(12-4-2-1-3-5-12)21-14(24)6-7-15-22-18(23-26-15)13-8-10-20-11-9-13/h1-5,8-11,16H,6-7H2,(H2,19,25)(H,21,24). The summed E-state index contributed by atoms with van der Waals surface area (Å²) in [6, 6.07) is 11.5. The molecule has 8 heteroatoms. The molecule has 1 unspecified atom stereocenters. The van der Waals surface area contributed by atoms with Crippen LogP contribution in [0.25, 0.3) is 11.4 Å². The van der Waals surface area contributed by atoms with Gasteiger partial charge in [-0.3, -0.25) is 14.6 Å². The number of nitrogens with zero attached hydrogens (tertiary/aromatic N) is 3. The van der Waals surface area contributed by atoms with E-state index >= 15 is 0 Å². The average molecular weight is 351 g/mol.